The van der Waals surface area contributed by atoms with Crippen LogP contribution in [0.4, 0.5) is 13.2 Å². The van der Waals surface area contributed by atoms with Crippen LogP contribution in [0.25, 0.3) is 0 Å². The molecule has 0 heterocycles. The van der Waals surface area contributed by atoms with Crippen molar-refractivity contribution in [2.75, 3.05) is 5.33 Å². The van der Waals surface area contributed by atoms with Crippen LogP contribution in [0.3, 0.4) is 0 Å². The Morgan fingerprint density at radius 3 is 2.20 bits per heavy atom. The Hall–Kier alpha value is -0.0600. The fraction of sp³-hybridized carbons (Fsp3) is 0.800. The standard InChI is InChI=1S/C5H6BrF3O/c6-2-3(7)1-4(10)5(8)9/h3,5H,1-2H2. The van der Waals surface area contributed by atoms with Crippen molar-refractivity contribution in [3.05, 3.63) is 0 Å². The molecule has 0 rings (SSSR count). The molecule has 0 bridgehead atoms. The molecule has 60 valence electrons. The van der Waals surface area contributed by atoms with E-state index in [-0.39, 0.29) is 5.33 Å². The lowest BCUT2D eigenvalue weighted by Crippen LogP contribution is -2.16. The summed E-state index contributed by atoms with van der Waals surface area (Å²) in [5, 5.41) is -0.0779. The normalized spacial score (nSPS) is 13.7. The molecule has 1 unspecified atom stereocenters. The van der Waals surface area contributed by atoms with Crippen LogP contribution in [0.5, 0.6) is 0 Å². The van der Waals surface area contributed by atoms with E-state index < -0.39 is 24.8 Å². The molecule has 10 heavy (non-hydrogen) atoms. The first-order valence-corrected chi connectivity index (χ1v) is 3.71. The van der Waals surface area contributed by atoms with Crippen LogP contribution >= 0.6 is 15.9 Å². The zero-order valence-corrected chi connectivity index (χ0v) is 6.58. The van der Waals surface area contributed by atoms with Gasteiger partial charge in [0.25, 0.3) is 6.43 Å². The average molecular weight is 219 g/mol. The summed E-state index contributed by atoms with van der Waals surface area (Å²) in [5.41, 5.74) is 0. The van der Waals surface area contributed by atoms with Gasteiger partial charge in [0.2, 0.25) is 5.78 Å². The summed E-state index contributed by atoms with van der Waals surface area (Å²) in [7, 11) is 0. The second-order valence-corrected chi connectivity index (χ2v) is 2.37. The Kier molecular flexibility index (Phi) is 4.68. The monoisotopic (exact) mass is 218 g/mol. The molecule has 0 spiro atoms. The van der Waals surface area contributed by atoms with E-state index in [1.807, 2.05) is 0 Å². The van der Waals surface area contributed by atoms with Gasteiger partial charge in [-0.25, -0.2) is 13.2 Å². The van der Waals surface area contributed by atoms with Crippen LogP contribution in [0.15, 0.2) is 0 Å². The van der Waals surface area contributed by atoms with Crippen molar-refractivity contribution in [2.45, 2.75) is 19.0 Å². The molecule has 5 heteroatoms. The van der Waals surface area contributed by atoms with Gasteiger partial charge in [0.05, 0.1) is 0 Å². The van der Waals surface area contributed by atoms with Crippen LogP contribution in [0.1, 0.15) is 6.42 Å². The van der Waals surface area contributed by atoms with Gasteiger partial charge in [-0.15, -0.1) is 0 Å². The van der Waals surface area contributed by atoms with Crippen molar-refractivity contribution in [1.82, 2.24) is 0 Å². The van der Waals surface area contributed by atoms with Crippen LogP contribution in [-0.2, 0) is 4.79 Å². The molecule has 0 amide bonds. The maximum absolute atomic E-state index is 12.1. The first-order chi connectivity index (χ1) is 4.57. The highest BCUT2D eigenvalue weighted by Gasteiger charge is 2.19. The summed E-state index contributed by atoms with van der Waals surface area (Å²) in [6, 6.07) is 0. The van der Waals surface area contributed by atoms with E-state index in [9.17, 15) is 18.0 Å². The lowest BCUT2D eigenvalue weighted by atomic mass is 10.2. The molecule has 1 nitrogen and oxygen atoms in total. The summed E-state index contributed by atoms with van der Waals surface area (Å²) in [6.07, 6.45) is -5.25. The predicted molar refractivity (Wildman–Crippen MR) is 34.3 cm³/mol. The van der Waals surface area contributed by atoms with E-state index in [0.29, 0.717) is 0 Å². The van der Waals surface area contributed by atoms with E-state index in [2.05, 4.69) is 15.9 Å². The molecule has 0 aliphatic rings. The zero-order chi connectivity index (χ0) is 8.15. The minimum Gasteiger partial charge on any atom is -0.293 e. The first kappa shape index (κ1) is 9.94. The van der Waals surface area contributed by atoms with Crippen molar-refractivity contribution < 1.29 is 18.0 Å². The fourth-order valence-corrected chi connectivity index (χ4v) is 0.591. The predicted octanol–water partition coefficient (Wildman–Crippen LogP) is 1.94. The number of carbonyl (C=O) groups excluding carboxylic acids is 1. The van der Waals surface area contributed by atoms with E-state index >= 15 is 0 Å². The highest BCUT2D eigenvalue weighted by molar-refractivity contribution is 9.09. The lowest BCUT2D eigenvalue weighted by Gasteiger charge is -2.00. The molecular formula is C5H6BrF3O. The van der Waals surface area contributed by atoms with Gasteiger partial charge in [-0.1, -0.05) is 15.9 Å². The Morgan fingerprint density at radius 2 is 1.90 bits per heavy atom. The molecule has 0 aromatic carbocycles. The Balaban J connectivity index is 3.57. The molecule has 0 radical (unpaired) electrons. The van der Waals surface area contributed by atoms with Gasteiger partial charge >= 0.3 is 0 Å². The van der Waals surface area contributed by atoms with Gasteiger partial charge in [-0.3, -0.25) is 4.79 Å². The van der Waals surface area contributed by atoms with Gasteiger partial charge in [-0.2, -0.15) is 0 Å². The number of halogens is 4. The Morgan fingerprint density at radius 1 is 1.40 bits per heavy atom. The van der Waals surface area contributed by atoms with Crippen molar-refractivity contribution in [3.8, 4) is 0 Å². The molecule has 0 saturated carbocycles. The third-order valence-electron chi connectivity index (χ3n) is 0.833. The highest BCUT2D eigenvalue weighted by Crippen LogP contribution is 2.06. The van der Waals surface area contributed by atoms with Gasteiger partial charge in [0.1, 0.15) is 6.17 Å². The molecule has 0 aromatic rings. The molecule has 1 atom stereocenters. The summed E-state index contributed by atoms with van der Waals surface area (Å²) in [4.78, 5) is 10.1. The van der Waals surface area contributed by atoms with E-state index in [1.165, 1.54) is 0 Å². The zero-order valence-electron chi connectivity index (χ0n) is 4.99. The fourth-order valence-electron chi connectivity index (χ4n) is 0.362. The van der Waals surface area contributed by atoms with E-state index in [4.69, 9.17) is 0 Å². The smallest absolute Gasteiger partial charge is 0.293 e. The van der Waals surface area contributed by atoms with E-state index in [1.54, 1.807) is 0 Å². The quantitative estimate of drug-likeness (QED) is 0.660. The number of Topliss-reactive ketones (excluding diaryl/α,β-unsaturated/α-hetero) is 1. The number of hydrogen-bond acceptors (Lipinski definition) is 1. The van der Waals surface area contributed by atoms with Gasteiger partial charge in [-0.05, 0) is 0 Å². The third-order valence-corrected chi connectivity index (χ3v) is 1.54. The van der Waals surface area contributed by atoms with Crippen LogP contribution < -0.4 is 0 Å². The summed E-state index contributed by atoms with van der Waals surface area (Å²) in [6.45, 7) is 0. The van der Waals surface area contributed by atoms with Crippen LogP contribution in [0.2, 0.25) is 0 Å². The minimum absolute atomic E-state index is 0.0779. The molecule has 0 fully saturated rings. The molecule has 0 aliphatic heterocycles. The maximum Gasteiger partial charge on any atom is 0.296 e. The van der Waals surface area contributed by atoms with Crippen molar-refractivity contribution in [1.29, 1.82) is 0 Å². The number of carbonyl (C=O) groups is 1. The first-order valence-electron chi connectivity index (χ1n) is 2.58. The van der Waals surface area contributed by atoms with Crippen molar-refractivity contribution in [3.63, 3.8) is 0 Å². The third kappa shape index (κ3) is 3.87. The molecule has 0 saturated heterocycles. The number of alkyl halides is 4. The van der Waals surface area contributed by atoms with Crippen molar-refractivity contribution in [2.24, 2.45) is 0 Å². The molecule has 0 aliphatic carbocycles. The largest absolute Gasteiger partial charge is 0.296 e. The SMILES string of the molecule is O=C(CC(F)CBr)C(F)F. The lowest BCUT2D eigenvalue weighted by molar-refractivity contribution is -0.130. The summed E-state index contributed by atoms with van der Waals surface area (Å²) < 4.78 is 34.9. The van der Waals surface area contributed by atoms with Crippen molar-refractivity contribution >= 4 is 21.7 Å². The second-order valence-electron chi connectivity index (χ2n) is 1.72. The molecular weight excluding hydrogens is 213 g/mol. The molecule has 0 aromatic heterocycles. The Labute approximate surface area is 64.7 Å². The van der Waals surface area contributed by atoms with Gasteiger partial charge in [0.15, 0.2) is 0 Å². The van der Waals surface area contributed by atoms with Gasteiger partial charge in [0, 0.05) is 11.8 Å². The van der Waals surface area contributed by atoms with Gasteiger partial charge < -0.3 is 0 Å². The number of ketones is 1. The highest BCUT2D eigenvalue weighted by atomic mass is 79.9. The second kappa shape index (κ2) is 4.71. The Bertz CT molecular complexity index is 117. The average Bonchev–Trinajstić information content (AvgIpc) is 1.87. The summed E-state index contributed by atoms with van der Waals surface area (Å²) in [5.74, 6) is -1.34. The van der Waals surface area contributed by atoms with Crippen LogP contribution in [-0.4, -0.2) is 23.7 Å². The summed E-state index contributed by atoms with van der Waals surface area (Å²) >= 11 is 2.72. The van der Waals surface area contributed by atoms with E-state index in [0.717, 1.165) is 0 Å². The topological polar surface area (TPSA) is 17.1 Å². The number of rotatable bonds is 4. The van der Waals surface area contributed by atoms with Crippen LogP contribution in [0, 0.1) is 0 Å². The molecule has 0 N–H and O–H groups in total. The maximum atomic E-state index is 12.1. The minimum atomic E-state index is -3.04. The number of hydrogen-bond donors (Lipinski definition) is 0.